The molecule has 0 fully saturated rings. The summed E-state index contributed by atoms with van der Waals surface area (Å²) in [6.07, 6.45) is 0.123. The Labute approximate surface area is 91.6 Å². The first-order chi connectivity index (χ1) is 7.49. The number of rotatable bonds is 4. The molecule has 0 aromatic carbocycles. The molecule has 0 aliphatic heterocycles. The highest BCUT2D eigenvalue weighted by Gasteiger charge is 2.03. The summed E-state index contributed by atoms with van der Waals surface area (Å²) in [6, 6.07) is 2.32. The van der Waals surface area contributed by atoms with E-state index in [4.69, 9.17) is 0 Å². The van der Waals surface area contributed by atoms with E-state index < -0.39 is 0 Å². The Morgan fingerprint density at radius 3 is 2.75 bits per heavy atom. The van der Waals surface area contributed by atoms with Crippen LogP contribution in [-0.2, 0) is 11.3 Å². The predicted molar refractivity (Wildman–Crippen MR) is 57.8 cm³/mol. The van der Waals surface area contributed by atoms with Gasteiger partial charge in [0.2, 0.25) is 5.91 Å². The number of hydrogen-bond donors (Lipinski definition) is 2. The fourth-order valence-corrected chi connectivity index (χ4v) is 1.15. The van der Waals surface area contributed by atoms with Gasteiger partial charge in [-0.15, -0.1) is 0 Å². The zero-order valence-electron chi connectivity index (χ0n) is 9.19. The second kappa shape index (κ2) is 5.26. The summed E-state index contributed by atoms with van der Waals surface area (Å²) in [5.74, 6) is -0.221. The van der Waals surface area contributed by atoms with Gasteiger partial charge in [-0.05, 0) is 0 Å². The lowest BCUT2D eigenvalue weighted by Crippen LogP contribution is -2.37. The average molecular weight is 226 g/mol. The van der Waals surface area contributed by atoms with Crippen molar-refractivity contribution in [2.75, 3.05) is 14.1 Å². The van der Waals surface area contributed by atoms with Gasteiger partial charge in [-0.1, -0.05) is 0 Å². The maximum Gasteiger partial charge on any atom is 0.265 e. The highest BCUT2D eigenvalue weighted by Crippen LogP contribution is 1.83. The number of carbonyl (C=O) groups excluding carboxylic acids is 1. The van der Waals surface area contributed by atoms with Crippen LogP contribution in [-0.4, -0.2) is 34.8 Å². The molecule has 0 saturated heterocycles. The number of aryl methyl sites for hydroxylation is 1. The van der Waals surface area contributed by atoms with E-state index in [1.165, 1.54) is 11.1 Å². The molecule has 1 amide bonds. The molecular formula is C9H14N4O3. The highest BCUT2D eigenvalue weighted by atomic mass is 16.2. The van der Waals surface area contributed by atoms with Crippen molar-refractivity contribution in [3.8, 4) is 0 Å². The molecule has 1 heterocycles. The van der Waals surface area contributed by atoms with Gasteiger partial charge in [-0.3, -0.25) is 24.9 Å². The molecule has 16 heavy (non-hydrogen) atoms. The summed E-state index contributed by atoms with van der Waals surface area (Å²) in [4.78, 5) is 33.5. The summed E-state index contributed by atoms with van der Waals surface area (Å²) in [5, 5.41) is 3.85. The van der Waals surface area contributed by atoms with E-state index in [1.54, 1.807) is 14.1 Å². The summed E-state index contributed by atoms with van der Waals surface area (Å²) in [7, 11) is 3.38. The van der Waals surface area contributed by atoms with Gasteiger partial charge in [0.1, 0.15) is 0 Å². The van der Waals surface area contributed by atoms with Gasteiger partial charge in [-0.25, -0.2) is 9.69 Å². The molecule has 1 rings (SSSR count). The lowest BCUT2D eigenvalue weighted by molar-refractivity contribution is -0.125. The molecule has 0 aliphatic rings. The third-order valence-corrected chi connectivity index (χ3v) is 1.80. The van der Waals surface area contributed by atoms with Crippen LogP contribution in [0.1, 0.15) is 6.42 Å². The molecule has 0 aliphatic carbocycles. The molecule has 7 nitrogen and oxygen atoms in total. The second-order valence-corrected chi connectivity index (χ2v) is 3.48. The standard InChI is InChI=1S/C9H14N4O3/c1-12(2)10-8(15)5-6-13-9(16)4-3-7(14)11-13/h3-4H,5-6H2,1-2H3,(H,10,15)(H,11,14). The number of hydrazine groups is 1. The van der Waals surface area contributed by atoms with Crippen molar-refractivity contribution in [3.63, 3.8) is 0 Å². The van der Waals surface area contributed by atoms with E-state index in [9.17, 15) is 14.4 Å². The Bertz CT molecular complexity index is 474. The van der Waals surface area contributed by atoms with Gasteiger partial charge in [0.25, 0.3) is 11.1 Å². The number of nitrogens with zero attached hydrogens (tertiary/aromatic N) is 2. The topological polar surface area (TPSA) is 87.2 Å². The van der Waals surface area contributed by atoms with Crippen molar-refractivity contribution >= 4 is 5.91 Å². The molecular weight excluding hydrogens is 212 g/mol. The monoisotopic (exact) mass is 226 g/mol. The van der Waals surface area contributed by atoms with Gasteiger partial charge in [0, 0.05) is 32.6 Å². The van der Waals surface area contributed by atoms with Crippen LogP contribution in [0.25, 0.3) is 0 Å². The molecule has 7 heteroatoms. The fraction of sp³-hybridized carbons (Fsp3) is 0.444. The van der Waals surface area contributed by atoms with Gasteiger partial charge in [0.05, 0.1) is 6.54 Å². The van der Waals surface area contributed by atoms with Crippen LogP contribution in [0.3, 0.4) is 0 Å². The van der Waals surface area contributed by atoms with Gasteiger partial charge < -0.3 is 0 Å². The van der Waals surface area contributed by atoms with Crippen molar-refractivity contribution in [3.05, 3.63) is 32.8 Å². The van der Waals surface area contributed by atoms with Crippen molar-refractivity contribution in [1.29, 1.82) is 0 Å². The van der Waals surface area contributed by atoms with E-state index in [1.807, 2.05) is 0 Å². The molecule has 0 radical (unpaired) electrons. The Kier molecular flexibility index (Phi) is 4.01. The minimum absolute atomic E-state index is 0.123. The molecule has 88 valence electrons. The Morgan fingerprint density at radius 1 is 1.44 bits per heavy atom. The fourth-order valence-electron chi connectivity index (χ4n) is 1.15. The Balaban J connectivity index is 2.61. The van der Waals surface area contributed by atoms with Crippen LogP contribution in [0, 0.1) is 0 Å². The normalized spacial score (nSPS) is 10.4. The van der Waals surface area contributed by atoms with E-state index in [0.29, 0.717) is 0 Å². The van der Waals surface area contributed by atoms with E-state index in [2.05, 4.69) is 10.5 Å². The largest absolute Gasteiger partial charge is 0.289 e. The molecule has 0 atom stereocenters. The van der Waals surface area contributed by atoms with Crippen LogP contribution in [0.4, 0.5) is 0 Å². The lowest BCUT2D eigenvalue weighted by atomic mass is 10.4. The van der Waals surface area contributed by atoms with Crippen LogP contribution in [0.15, 0.2) is 21.7 Å². The number of amides is 1. The summed E-state index contributed by atoms with van der Waals surface area (Å²) < 4.78 is 1.11. The lowest BCUT2D eigenvalue weighted by Gasteiger charge is -2.11. The number of hydrogen-bond acceptors (Lipinski definition) is 4. The molecule has 1 aromatic heterocycles. The van der Waals surface area contributed by atoms with Crippen LogP contribution < -0.4 is 16.5 Å². The van der Waals surface area contributed by atoms with Crippen molar-refractivity contribution in [2.45, 2.75) is 13.0 Å². The number of H-pyrrole nitrogens is 1. The molecule has 0 unspecified atom stereocenters. The predicted octanol–water partition coefficient (Wildman–Crippen LogP) is -1.48. The Morgan fingerprint density at radius 2 is 2.12 bits per heavy atom. The summed E-state index contributed by atoms with van der Waals surface area (Å²) in [6.45, 7) is 0.147. The van der Waals surface area contributed by atoms with Crippen molar-refractivity contribution in [2.24, 2.45) is 0 Å². The molecule has 0 spiro atoms. The number of aromatic amines is 1. The minimum atomic E-state index is -0.368. The van der Waals surface area contributed by atoms with E-state index in [-0.39, 0.29) is 30.0 Å². The summed E-state index contributed by atoms with van der Waals surface area (Å²) >= 11 is 0. The van der Waals surface area contributed by atoms with Crippen LogP contribution in [0.2, 0.25) is 0 Å². The van der Waals surface area contributed by atoms with E-state index in [0.717, 1.165) is 10.7 Å². The maximum atomic E-state index is 11.3. The second-order valence-electron chi connectivity index (χ2n) is 3.48. The SMILES string of the molecule is CN(C)NC(=O)CCn1[nH]c(=O)ccc1=O. The first kappa shape index (κ1) is 12.2. The molecule has 0 saturated carbocycles. The van der Waals surface area contributed by atoms with E-state index >= 15 is 0 Å². The zero-order chi connectivity index (χ0) is 12.1. The average Bonchev–Trinajstić information content (AvgIpc) is 2.18. The van der Waals surface area contributed by atoms with Gasteiger partial charge in [-0.2, -0.15) is 0 Å². The van der Waals surface area contributed by atoms with Gasteiger partial charge in [0.15, 0.2) is 0 Å². The van der Waals surface area contributed by atoms with Gasteiger partial charge >= 0.3 is 0 Å². The molecule has 1 aromatic rings. The minimum Gasteiger partial charge on any atom is -0.289 e. The van der Waals surface area contributed by atoms with Crippen LogP contribution in [0.5, 0.6) is 0 Å². The van der Waals surface area contributed by atoms with Crippen molar-refractivity contribution < 1.29 is 4.79 Å². The number of aromatic nitrogens is 2. The van der Waals surface area contributed by atoms with Crippen LogP contribution >= 0.6 is 0 Å². The Hall–Kier alpha value is -1.89. The number of carbonyl (C=O) groups is 1. The quantitative estimate of drug-likeness (QED) is 0.613. The first-order valence-corrected chi connectivity index (χ1v) is 4.76. The smallest absolute Gasteiger partial charge is 0.265 e. The highest BCUT2D eigenvalue weighted by molar-refractivity contribution is 5.75. The summed E-state index contributed by atoms with van der Waals surface area (Å²) in [5.41, 5.74) is 1.83. The third kappa shape index (κ3) is 3.70. The maximum absolute atomic E-state index is 11.3. The molecule has 0 bridgehead atoms. The zero-order valence-corrected chi connectivity index (χ0v) is 9.19. The number of nitrogens with one attached hydrogen (secondary N) is 2. The molecule has 2 N–H and O–H groups in total. The van der Waals surface area contributed by atoms with Crippen molar-refractivity contribution in [1.82, 2.24) is 20.2 Å². The first-order valence-electron chi connectivity index (χ1n) is 4.76. The third-order valence-electron chi connectivity index (χ3n) is 1.80.